The fourth-order valence-corrected chi connectivity index (χ4v) is 3.32. The second-order valence-electron chi connectivity index (χ2n) is 5.01. The van der Waals surface area contributed by atoms with Crippen LogP contribution in [0.25, 0.3) is 10.1 Å². The molecule has 0 radical (unpaired) electrons. The Labute approximate surface area is 118 Å². The van der Waals surface area contributed by atoms with Crippen molar-refractivity contribution in [2.45, 2.75) is 33.4 Å². The van der Waals surface area contributed by atoms with Crippen molar-refractivity contribution >= 4 is 33.0 Å². The topological polar surface area (TPSA) is 3.24 Å². The molecule has 3 heteroatoms. The number of nitrogens with zero attached hydrogens (tertiary/aromatic N) is 1. The lowest BCUT2D eigenvalue weighted by atomic mass is 10.1. The van der Waals surface area contributed by atoms with E-state index in [4.69, 9.17) is 11.6 Å². The molecular formula is C15H20ClNS. The molecule has 98 valence electrons. The quantitative estimate of drug-likeness (QED) is 0.721. The van der Waals surface area contributed by atoms with E-state index in [1.807, 2.05) is 11.3 Å². The van der Waals surface area contributed by atoms with Crippen LogP contribution in [0.1, 0.15) is 25.0 Å². The molecule has 0 amide bonds. The lowest BCUT2D eigenvalue weighted by Crippen LogP contribution is -2.31. The van der Waals surface area contributed by atoms with E-state index in [1.165, 1.54) is 21.2 Å². The molecule has 0 aliphatic carbocycles. The monoisotopic (exact) mass is 281 g/mol. The molecule has 0 aliphatic heterocycles. The Morgan fingerprint density at radius 2 is 2.11 bits per heavy atom. The molecule has 2 aromatic rings. The summed E-state index contributed by atoms with van der Waals surface area (Å²) in [5.41, 5.74) is 2.76. The lowest BCUT2D eigenvalue weighted by molar-refractivity contribution is 0.227. The number of halogens is 1. The molecular weight excluding hydrogens is 262 g/mol. The van der Waals surface area contributed by atoms with Crippen LogP contribution in [0.4, 0.5) is 0 Å². The molecule has 1 heterocycles. The molecule has 0 unspecified atom stereocenters. The number of rotatable bonds is 5. The number of hydrogen-bond donors (Lipinski definition) is 0. The highest BCUT2D eigenvalue weighted by atomic mass is 35.5. The van der Waals surface area contributed by atoms with Gasteiger partial charge in [0.25, 0.3) is 0 Å². The van der Waals surface area contributed by atoms with Gasteiger partial charge in [0.15, 0.2) is 0 Å². The number of benzene rings is 1. The molecule has 2 rings (SSSR count). The van der Waals surface area contributed by atoms with Gasteiger partial charge in [0.1, 0.15) is 0 Å². The molecule has 0 atom stereocenters. The van der Waals surface area contributed by atoms with Crippen molar-refractivity contribution < 1.29 is 0 Å². The number of fused-ring (bicyclic) bond motifs is 1. The van der Waals surface area contributed by atoms with E-state index in [0.717, 1.165) is 13.1 Å². The maximum Gasteiger partial charge on any atom is 0.0351 e. The van der Waals surface area contributed by atoms with Crippen molar-refractivity contribution in [2.24, 2.45) is 0 Å². The summed E-state index contributed by atoms with van der Waals surface area (Å²) in [6.45, 7) is 8.55. The van der Waals surface area contributed by atoms with E-state index < -0.39 is 0 Å². The van der Waals surface area contributed by atoms with E-state index in [0.29, 0.717) is 11.9 Å². The molecule has 0 saturated carbocycles. The molecule has 0 N–H and O–H groups in total. The normalized spacial score (nSPS) is 11.9. The van der Waals surface area contributed by atoms with Gasteiger partial charge in [0, 0.05) is 29.7 Å². The zero-order chi connectivity index (χ0) is 13.1. The van der Waals surface area contributed by atoms with Gasteiger partial charge >= 0.3 is 0 Å². The first-order chi connectivity index (χ1) is 8.61. The fraction of sp³-hybridized carbons (Fsp3) is 0.467. The van der Waals surface area contributed by atoms with Crippen LogP contribution < -0.4 is 0 Å². The van der Waals surface area contributed by atoms with Crippen molar-refractivity contribution in [1.82, 2.24) is 4.90 Å². The second-order valence-corrected chi connectivity index (χ2v) is 6.30. The smallest absolute Gasteiger partial charge is 0.0351 e. The summed E-state index contributed by atoms with van der Waals surface area (Å²) in [4.78, 5) is 2.43. The van der Waals surface area contributed by atoms with Crippen LogP contribution in [-0.2, 0) is 6.54 Å². The lowest BCUT2D eigenvalue weighted by Gasteiger charge is -2.25. The van der Waals surface area contributed by atoms with Crippen molar-refractivity contribution in [3.8, 4) is 0 Å². The van der Waals surface area contributed by atoms with Crippen LogP contribution in [0.2, 0.25) is 0 Å². The van der Waals surface area contributed by atoms with Crippen LogP contribution in [0.3, 0.4) is 0 Å². The van der Waals surface area contributed by atoms with Gasteiger partial charge in [0.2, 0.25) is 0 Å². The predicted octanol–water partition coefficient (Wildman–Crippen LogP) is 4.66. The Morgan fingerprint density at radius 1 is 1.33 bits per heavy atom. The molecule has 1 aromatic carbocycles. The fourth-order valence-electron chi connectivity index (χ4n) is 2.17. The maximum atomic E-state index is 5.88. The van der Waals surface area contributed by atoms with Gasteiger partial charge in [0.05, 0.1) is 0 Å². The highest BCUT2D eigenvalue weighted by molar-refractivity contribution is 7.17. The molecule has 0 spiro atoms. The minimum absolute atomic E-state index is 0.531. The number of hydrogen-bond acceptors (Lipinski definition) is 2. The zero-order valence-electron chi connectivity index (χ0n) is 11.2. The largest absolute Gasteiger partial charge is 0.295 e. The third kappa shape index (κ3) is 3.05. The van der Waals surface area contributed by atoms with Gasteiger partial charge < -0.3 is 0 Å². The summed E-state index contributed by atoms with van der Waals surface area (Å²) in [6.07, 6.45) is 0. The summed E-state index contributed by atoms with van der Waals surface area (Å²) in [6, 6.07) is 7.23. The first-order valence-corrected chi connectivity index (χ1v) is 7.80. The maximum absolute atomic E-state index is 5.88. The first kappa shape index (κ1) is 13.9. The van der Waals surface area contributed by atoms with E-state index in [2.05, 4.69) is 49.3 Å². The minimum atomic E-state index is 0.531. The van der Waals surface area contributed by atoms with Crippen molar-refractivity contribution in [2.75, 3.05) is 12.4 Å². The Balaban J connectivity index is 2.27. The standard InChI is InChI=1S/C15H20ClNS/c1-11(2)17(7-6-16)9-13-10-18-15-5-4-12(3)8-14(13)15/h4-5,8,10-11H,6-7,9H2,1-3H3. The molecule has 0 saturated heterocycles. The zero-order valence-corrected chi connectivity index (χ0v) is 12.8. The van der Waals surface area contributed by atoms with Gasteiger partial charge in [-0.1, -0.05) is 17.7 Å². The van der Waals surface area contributed by atoms with Crippen molar-refractivity contribution in [1.29, 1.82) is 0 Å². The summed E-state index contributed by atoms with van der Waals surface area (Å²) in [5.74, 6) is 0.694. The second kappa shape index (κ2) is 6.05. The van der Waals surface area contributed by atoms with E-state index in [1.54, 1.807) is 0 Å². The van der Waals surface area contributed by atoms with Gasteiger partial charge in [-0.3, -0.25) is 4.90 Å². The highest BCUT2D eigenvalue weighted by Gasteiger charge is 2.12. The van der Waals surface area contributed by atoms with Gasteiger partial charge in [-0.2, -0.15) is 0 Å². The minimum Gasteiger partial charge on any atom is -0.295 e. The van der Waals surface area contributed by atoms with Crippen LogP contribution in [0, 0.1) is 6.92 Å². The highest BCUT2D eigenvalue weighted by Crippen LogP contribution is 2.28. The van der Waals surface area contributed by atoms with Crippen LogP contribution in [-0.4, -0.2) is 23.4 Å². The third-order valence-corrected chi connectivity index (χ3v) is 4.47. The summed E-state index contributed by atoms with van der Waals surface area (Å²) in [7, 11) is 0. The molecule has 0 fully saturated rings. The Kier molecular flexibility index (Phi) is 4.66. The number of thiophene rings is 1. The Bertz CT molecular complexity index is 518. The van der Waals surface area contributed by atoms with Crippen LogP contribution in [0.15, 0.2) is 23.6 Å². The van der Waals surface area contributed by atoms with E-state index in [-0.39, 0.29) is 0 Å². The molecule has 18 heavy (non-hydrogen) atoms. The summed E-state index contributed by atoms with van der Waals surface area (Å²) < 4.78 is 1.38. The third-order valence-electron chi connectivity index (χ3n) is 3.28. The Morgan fingerprint density at radius 3 is 2.78 bits per heavy atom. The average molecular weight is 282 g/mol. The predicted molar refractivity (Wildman–Crippen MR) is 82.8 cm³/mol. The van der Waals surface area contributed by atoms with Gasteiger partial charge in [-0.05, 0) is 43.2 Å². The van der Waals surface area contributed by atoms with Crippen LogP contribution >= 0.6 is 22.9 Å². The Hall–Kier alpha value is -0.570. The molecule has 1 nitrogen and oxygen atoms in total. The van der Waals surface area contributed by atoms with E-state index in [9.17, 15) is 0 Å². The molecule has 0 bridgehead atoms. The first-order valence-electron chi connectivity index (χ1n) is 6.38. The number of alkyl halides is 1. The summed E-state index contributed by atoms with van der Waals surface area (Å²) in [5, 5.41) is 3.69. The summed E-state index contributed by atoms with van der Waals surface area (Å²) >= 11 is 7.72. The van der Waals surface area contributed by atoms with Crippen molar-refractivity contribution in [3.05, 3.63) is 34.7 Å². The van der Waals surface area contributed by atoms with Gasteiger partial charge in [-0.15, -0.1) is 22.9 Å². The van der Waals surface area contributed by atoms with Gasteiger partial charge in [-0.25, -0.2) is 0 Å². The molecule has 0 aliphatic rings. The molecule has 1 aromatic heterocycles. The van der Waals surface area contributed by atoms with E-state index >= 15 is 0 Å². The number of aryl methyl sites for hydroxylation is 1. The average Bonchev–Trinajstić information content (AvgIpc) is 2.71. The van der Waals surface area contributed by atoms with Crippen LogP contribution in [0.5, 0.6) is 0 Å². The SMILES string of the molecule is Cc1ccc2scc(CN(CCCl)C(C)C)c2c1. The van der Waals surface area contributed by atoms with Crippen molar-refractivity contribution in [3.63, 3.8) is 0 Å².